The van der Waals surface area contributed by atoms with E-state index in [9.17, 15) is 14.9 Å². The quantitative estimate of drug-likeness (QED) is 0.363. The zero-order chi connectivity index (χ0) is 20.4. The molecule has 29 heavy (non-hydrogen) atoms. The summed E-state index contributed by atoms with van der Waals surface area (Å²) in [6.07, 6.45) is 0.144. The maximum absolute atomic E-state index is 12.5. The second-order valence-corrected chi connectivity index (χ2v) is 7.88. The number of nitrogens with zero attached hydrogens (tertiary/aromatic N) is 4. The van der Waals surface area contributed by atoms with E-state index in [1.165, 1.54) is 23.5 Å². The molecule has 0 saturated carbocycles. The Morgan fingerprint density at radius 2 is 2.03 bits per heavy atom. The zero-order valence-corrected chi connectivity index (χ0v) is 16.9. The van der Waals surface area contributed by atoms with Gasteiger partial charge >= 0.3 is 0 Å². The molecular formula is C19H15N5O3S2. The van der Waals surface area contributed by atoms with Gasteiger partial charge in [-0.1, -0.05) is 0 Å². The lowest BCUT2D eigenvalue weighted by atomic mass is 10.3. The zero-order valence-electron chi connectivity index (χ0n) is 15.2. The van der Waals surface area contributed by atoms with Crippen molar-refractivity contribution in [3.05, 3.63) is 74.0 Å². The van der Waals surface area contributed by atoms with Crippen LogP contribution in [0, 0.1) is 17.0 Å². The number of thiophene rings is 1. The number of benzene rings is 1. The number of non-ortho nitro benzene ring substituents is 1. The average molecular weight is 425 g/mol. The summed E-state index contributed by atoms with van der Waals surface area (Å²) in [4.78, 5) is 27.4. The molecule has 3 heterocycles. The molecule has 1 aromatic carbocycles. The molecule has 146 valence electrons. The topological polar surface area (TPSA) is 103 Å². The van der Waals surface area contributed by atoms with Crippen molar-refractivity contribution in [2.24, 2.45) is 0 Å². The minimum Gasteiger partial charge on any atom is -0.310 e. The number of rotatable bonds is 6. The SMILES string of the molecule is Cc1cc(NC(=O)Cc2csc(-c3ccsc3)n2)n(-c2ccc([N+](=O)[O-])cc2)n1. The van der Waals surface area contributed by atoms with Gasteiger partial charge in [0.15, 0.2) is 0 Å². The van der Waals surface area contributed by atoms with Crippen LogP contribution in [0.1, 0.15) is 11.4 Å². The van der Waals surface area contributed by atoms with E-state index in [1.54, 1.807) is 34.2 Å². The van der Waals surface area contributed by atoms with Crippen LogP contribution < -0.4 is 5.32 Å². The summed E-state index contributed by atoms with van der Waals surface area (Å²) in [5.41, 5.74) is 3.08. The monoisotopic (exact) mass is 425 g/mol. The Morgan fingerprint density at radius 3 is 2.72 bits per heavy atom. The minimum atomic E-state index is -0.459. The summed E-state index contributed by atoms with van der Waals surface area (Å²) in [7, 11) is 0. The maximum atomic E-state index is 12.5. The molecule has 0 saturated heterocycles. The fraction of sp³-hybridized carbons (Fsp3) is 0.105. The van der Waals surface area contributed by atoms with Crippen molar-refractivity contribution in [2.45, 2.75) is 13.3 Å². The van der Waals surface area contributed by atoms with Gasteiger partial charge in [-0.3, -0.25) is 14.9 Å². The molecule has 1 N–H and O–H groups in total. The standard InChI is InChI=1S/C19H15N5O3S2/c1-12-8-17(23(22-12)15-2-4-16(5-3-15)24(26)27)21-18(25)9-14-11-29-19(20-14)13-6-7-28-10-13/h2-8,10-11H,9H2,1H3,(H,21,25). The number of carbonyl (C=O) groups excluding carboxylic acids is 1. The van der Waals surface area contributed by atoms with E-state index < -0.39 is 4.92 Å². The first kappa shape index (κ1) is 19.0. The predicted octanol–water partition coefficient (Wildman–Crippen LogP) is 4.46. The van der Waals surface area contributed by atoms with E-state index >= 15 is 0 Å². The van der Waals surface area contributed by atoms with Crippen molar-refractivity contribution in [1.29, 1.82) is 0 Å². The first-order chi connectivity index (χ1) is 14.0. The van der Waals surface area contributed by atoms with Crippen LogP contribution in [0.2, 0.25) is 0 Å². The van der Waals surface area contributed by atoms with E-state index in [-0.39, 0.29) is 18.0 Å². The fourth-order valence-electron chi connectivity index (χ4n) is 2.76. The van der Waals surface area contributed by atoms with Gasteiger partial charge in [0.2, 0.25) is 5.91 Å². The molecular weight excluding hydrogens is 410 g/mol. The third kappa shape index (κ3) is 4.23. The molecule has 0 atom stereocenters. The van der Waals surface area contributed by atoms with Crippen LogP contribution in [0.25, 0.3) is 16.3 Å². The second kappa shape index (κ2) is 7.94. The molecule has 10 heteroatoms. The summed E-state index contributed by atoms with van der Waals surface area (Å²) in [5, 5.41) is 24.8. The number of hydrogen-bond donors (Lipinski definition) is 1. The molecule has 0 aliphatic heterocycles. The lowest BCUT2D eigenvalue weighted by molar-refractivity contribution is -0.384. The Balaban J connectivity index is 1.49. The van der Waals surface area contributed by atoms with Gasteiger partial charge in [-0.15, -0.1) is 11.3 Å². The van der Waals surface area contributed by atoms with Crippen LogP contribution >= 0.6 is 22.7 Å². The van der Waals surface area contributed by atoms with Crippen LogP contribution in [0.15, 0.2) is 52.5 Å². The number of amides is 1. The summed E-state index contributed by atoms with van der Waals surface area (Å²) in [6.45, 7) is 1.81. The van der Waals surface area contributed by atoms with Crippen LogP contribution in [0.5, 0.6) is 0 Å². The summed E-state index contributed by atoms with van der Waals surface area (Å²) in [5.74, 6) is 0.282. The van der Waals surface area contributed by atoms with E-state index in [2.05, 4.69) is 15.4 Å². The van der Waals surface area contributed by atoms with Gasteiger partial charge < -0.3 is 5.32 Å². The Hall–Kier alpha value is -3.37. The van der Waals surface area contributed by atoms with Crippen molar-refractivity contribution in [3.63, 3.8) is 0 Å². The first-order valence-corrected chi connectivity index (χ1v) is 10.4. The van der Waals surface area contributed by atoms with Gasteiger partial charge in [-0.25, -0.2) is 9.67 Å². The van der Waals surface area contributed by atoms with Crippen molar-refractivity contribution >= 4 is 40.1 Å². The number of carbonyl (C=O) groups is 1. The number of nitro groups is 1. The fourth-order valence-corrected chi connectivity index (χ4v) is 4.29. The molecule has 0 aliphatic carbocycles. The van der Waals surface area contributed by atoms with Gasteiger partial charge in [0, 0.05) is 34.5 Å². The molecule has 1 amide bonds. The number of aryl methyl sites for hydroxylation is 1. The third-order valence-corrected chi connectivity index (χ3v) is 5.69. The lowest BCUT2D eigenvalue weighted by Crippen LogP contribution is -2.17. The highest BCUT2D eigenvalue weighted by Gasteiger charge is 2.14. The summed E-state index contributed by atoms with van der Waals surface area (Å²) >= 11 is 3.11. The molecule has 4 rings (SSSR count). The molecule has 0 fully saturated rings. The number of nitro benzene ring substituents is 1. The molecule has 0 radical (unpaired) electrons. The number of hydrogen-bond acceptors (Lipinski definition) is 7. The molecule has 0 aliphatic rings. The van der Waals surface area contributed by atoms with E-state index in [0.717, 1.165) is 10.6 Å². The molecule has 0 bridgehead atoms. The Kier molecular flexibility index (Phi) is 5.19. The smallest absolute Gasteiger partial charge is 0.269 e. The van der Waals surface area contributed by atoms with Gasteiger partial charge in [-0.2, -0.15) is 16.4 Å². The van der Waals surface area contributed by atoms with E-state index in [4.69, 9.17) is 0 Å². The number of thiazole rings is 1. The third-order valence-electron chi connectivity index (χ3n) is 4.07. The average Bonchev–Trinajstić information content (AvgIpc) is 3.43. The molecule has 0 unspecified atom stereocenters. The van der Waals surface area contributed by atoms with Gasteiger partial charge in [0.05, 0.1) is 28.4 Å². The molecule has 8 nitrogen and oxygen atoms in total. The van der Waals surface area contributed by atoms with Gasteiger partial charge in [0.25, 0.3) is 5.69 Å². The van der Waals surface area contributed by atoms with Crippen LogP contribution in [-0.2, 0) is 11.2 Å². The largest absolute Gasteiger partial charge is 0.310 e. The summed E-state index contributed by atoms with van der Waals surface area (Å²) in [6, 6.07) is 9.73. The van der Waals surface area contributed by atoms with Crippen LogP contribution in [0.3, 0.4) is 0 Å². The number of anilines is 1. The predicted molar refractivity (Wildman–Crippen MR) is 113 cm³/mol. The Labute approximate surface area is 173 Å². The van der Waals surface area contributed by atoms with Crippen molar-refractivity contribution in [3.8, 4) is 16.3 Å². The summed E-state index contributed by atoms with van der Waals surface area (Å²) < 4.78 is 1.55. The number of nitrogens with one attached hydrogen (secondary N) is 1. The minimum absolute atomic E-state index is 0.00632. The highest BCUT2D eigenvalue weighted by atomic mass is 32.1. The molecule has 4 aromatic rings. The van der Waals surface area contributed by atoms with Crippen molar-refractivity contribution in [2.75, 3.05) is 5.32 Å². The number of aromatic nitrogens is 3. The van der Waals surface area contributed by atoms with Crippen molar-refractivity contribution in [1.82, 2.24) is 14.8 Å². The van der Waals surface area contributed by atoms with Crippen LogP contribution in [-0.4, -0.2) is 25.6 Å². The van der Waals surface area contributed by atoms with E-state index in [1.807, 2.05) is 29.1 Å². The first-order valence-electron chi connectivity index (χ1n) is 8.58. The maximum Gasteiger partial charge on any atom is 0.269 e. The molecule has 0 spiro atoms. The highest BCUT2D eigenvalue weighted by molar-refractivity contribution is 7.14. The van der Waals surface area contributed by atoms with E-state index in [0.29, 0.717) is 22.9 Å². The van der Waals surface area contributed by atoms with Gasteiger partial charge in [0.1, 0.15) is 10.8 Å². The second-order valence-electron chi connectivity index (χ2n) is 6.24. The van der Waals surface area contributed by atoms with Crippen LogP contribution in [0.4, 0.5) is 11.5 Å². The molecule has 3 aromatic heterocycles. The van der Waals surface area contributed by atoms with Gasteiger partial charge in [-0.05, 0) is 30.5 Å². The Bertz CT molecular complexity index is 1160. The normalized spacial score (nSPS) is 10.8. The Morgan fingerprint density at radius 1 is 1.24 bits per heavy atom. The van der Waals surface area contributed by atoms with Crippen molar-refractivity contribution < 1.29 is 9.72 Å². The lowest BCUT2D eigenvalue weighted by Gasteiger charge is -2.08. The highest BCUT2D eigenvalue weighted by Crippen LogP contribution is 2.26.